The van der Waals surface area contributed by atoms with Crippen molar-refractivity contribution in [2.24, 2.45) is 0 Å². The summed E-state index contributed by atoms with van der Waals surface area (Å²) < 4.78 is 20.2. The van der Waals surface area contributed by atoms with Gasteiger partial charge in [0.15, 0.2) is 11.3 Å². The lowest BCUT2D eigenvalue weighted by molar-refractivity contribution is 0.453. The third kappa shape index (κ3) is 3.67. The van der Waals surface area contributed by atoms with Crippen LogP contribution in [0.15, 0.2) is 150 Å². The molecule has 3 aliphatic rings. The third-order valence-electron chi connectivity index (χ3n) is 11.0. The van der Waals surface area contributed by atoms with E-state index in [1.807, 2.05) is 24.3 Å². The number of hydrogen-bond acceptors (Lipinski definition) is 4. The normalized spacial score (nSPS) is 14.2. The van der Waals surface area contributed by atoms with Gasteiger partial charge < -0.3 is 18.8 Å². The van der Waals surface area contributed by atoms with Gasteiger partial charge in [-0.2, -0.15) is 0 Å². The molecule has 0 unspecified atom stereocenters. The Balaban J connectivity index is 1.09. The zero-order chi connectivity index (χ0) is 33.1. The van der Waals surface area contributed by atoms with Crippen molar-refractivity contribution >= 4 is 62.1 Å². The Morgan fingerprint density at radius 2 is 1.18 bits per heavy atom. The molecule has 11 rings (SSSR count). The number of fused-ring (bicyclic) bond motifs is 12. The first-order chi connectivity index (χ1) is 24.6. The van der Waals surface area contributed by atoms with Crippen molar-refractivity contribution in [1.82, 2.24) is 0 Å². The van der Waals surface area contributed by atoms with Crippen LogP contribution in [0.2, 0.25) is 0 Å². The Hall–Kier alpha value is -6.20. The molecule has 0 radical (unpaired) electrons. The van der Waals surface area contributed by atoms with Crippen LogP contribution in [-0.4, -0.2) is 6.71 Å². The highest BCUT2D eigenvalue weighted by Gasteiger charge is 2.46. The molecule has 8 aromatic rings. The fourth-order valence-electron chi connectivity index (χ4n) is 8.74. The molecule has 0 fully saturated rings. The van der Waals surface area contributed by atoms with Gasteiger partial charge in [-0.3, -0.25) is 0 Å². The van der Waals surface area contributed by atoms with E-state index >= 15 is 0 Å². The lowest BCUT2D eigenvalue weighted by atomic mass is 9.34. The number of hydrogen-bond donors (Lipinski definition) is 0. The second kappa shape index (κ2) is 9.93. The van der Waals surface area contributed by atoms with Crippen LogP contribution in [-0.2, 0) is 5.41 Å². The third-order valence-corrected chi connectivity index (χ3v) is 11.0. The quantitative estimate of drug-likeness (QED) is 0.180. The van der Waals surface area contributed by atoms with Gasteiger partial charge in [-0.15, -0.1) is 0 Å². The van der Waals surface area contributed by atoms with E-state index in [9.17, 15) is 0 Å². The second-order valence-electron chi connectivity index (χ2n) is 14.0. The minimum absolute atomic E-state index is 0.0571. The van der Waals surface area contributed by atoms with Crippen LogP contribution < -0.4 is 30.8 Å². The predicted molar refractivity (Wildman–Crippen MR) is 204 cm³/mol. The maximum atomic E-state index is 6.99. The average molecular weight is 644 g/mol. The molecular weight excluding hydrogens is 613 g/mol. The predicted octanol–water partition coefficient (Wildman–Crippen LogP) is 10.1. The van der Waals surface area contributed by atoms with Gasteiger partial charge in [0.25, 0.3) is 6.71 Å². The Morgan fingerprint density at radius 1 is 0.540 bits per heavy atom. The van der Waals surface area contributed by atoms with E-state index in [2.05, 4.69) is 140 Å². The molecule has 1 aromatic heterocycles. The molecule has 0 bridgehead atoms. The van der Waals surface area contributed by atoms with E-state index in [1.54, 1.807) is 0 Å². The largest absolute Gasteiger partial charge is 0.458 e. The van der Waals surface area contributed by atoms with E-state index < -0.39 is 0 Å². The fourth-order valence-corrected chi connectivity index (χ4v) is 8.74. The number of para-hydroxylation sites is 3. The van der Waals surface area contributed by atoms with E-state index in [0.717, 1.165) is 78.4 Å². The molecule has 5 heteroatoms. The van der Waals surface area contributed by atoms with Gasteiger partial charge in [-0.05, 0) is 82.2 Å². The maximum Gasteiger partial charge on any atom is 0.260 e. The Bertz CT molecular complexity index is 2660. The number of furan rings is 1. The monoisotopic (exact) mass is 643 g/mol. The molecule has 0 saturated heterocycles. The molecule has 50 heavy (non-hydrogen) atoms. The Labute approximate surface area is 290 Å². The SMILES string of the molecule is CC1(C)c2cc(N(c3ccccc3)c3ccccc3)ccc2-c2ccc3c(c21)Oc1cccc2c1B3c1ccc3c(oc4ccccc43)c1O2. The molecule has 1 aliphatic carbocycles. The summed E-state index contributed by atoms with van der Waals surface area (Å²) in [6, 6.07) is 51.4. The van der Waals surface area contributed by atoms with Crippen molar-refractivity contribution < 1.29 is 13.9 Å². The molecule has 7 aromatic carbocycles. The van der Waals surface area contributed by atoms with Crippen LogP contribution in [0.25, 0.3) is 33.1 Å². The van der Waals surface area contributed by atoms with Gasteiger partial charge in [0, 0.05) is 44.3 Å². The summed E-state index contributed by atoms with van der Waals surface area (Å²) in [5.74, 6) is 3.39. The molecule has 0 spiro atoms. The first-order valence-corrected chi connectivity index (χ1v) is 17.2. The van der Waals surface area contributed by atoms with Gasteiger partial charge in [-0.25, -0.2) is 0 Å². The Kier molecular flexibility index (Phi) is 5.50. The standard InChI is InChI=1S/C45H30BNO3/c1-45(2)34-26-29(47(27-12-5-3-6-13-27)28-14-7-4-8-15-28)20-21-30(34)32-22-24-35-43(40(32)45)49-38-18-11-19-39-41(38)46(35)36-25-23-33-31-16-9-10-17-37(31)48-42(33)44(36)50-39/h3-26H,1-2H3. The molecule has 236 valence electrons. The zero-order valence-electron chi connectivity index (χ0n) is 27.6. The summed E-state index contributed by atoms with van der Waals surface area (Å²) >= 11 is 0. The van der Waals surface area contributed by atoms with Crippen LogP contribution in [0.5, 0.6) is 23.0 Å². The van der Waals surface area contributed by atoms with Gasteiger partial charge in [-0.1, -0.05) is 105 Å². The highest BCUT2D eigenvalue weighted by atomic mass is 16.5. The zero-order valence-corrected chi connectivity index (χ0v) is 27.6. The number of benzene rings is 7. The molecular formula is C45H30BNO3. The molecule has 0 atom stereocenters. The molecule has 3 heterocycles. The molecule has 4 nitrogen and oxygen atoms in total. The van der Waals surface area contributed by atoms with E-state index in [1.165, 1.54) is 22.3 Å². The van der Waals surface area contributed by atoms with Crippen molar-refractivity contribution in [1.29, 1.82) is 0 Å². The molecule has 0 amide bonds. The van der Waals surface area contributed by atoms with E-state index in [0.29, 0.717) is 0 Å². The van der Waals surface area contributed by atoms with Crippen molar-refractivity contribution in [3.63, 3.8) is 0 Å². The van der Waals surface area contributed by atoms with Crippen LogP contribution in [0.3, 0.4) is 0 Å². The average Bonchev–Trinajstić information content (AvgIpc) is 3.65. The summed E-state index contributed by atoms with van der Waals surface area (Å²) in [4.78, 5) is 2.33. The van der Waals surface area contributed by atoms with E-state index in [4.69, 9.17) is 13.9 Å². The van der Waals surface area contributed by atoms with Crippen LogP contribution in [0.1, 0.15) is 25.0 Å². The van der Waals surface area contributed by atoms with Gasteiger partial charge >= 0.3 is 0 Å². The van der Waals surface area contributed by atoms with Crippen LogP contribution >= 0.6 is 0 Å². The highest BCUT2D eigenvalue weighted by Crippen LogP contribution is 2.55. The lowest BCUT2D eigenvalue weighted by Gasteiger charge is -2.35. The molecule has 0 N–H and O–H groups in total. The van der Waals surface area contributed by atoms with Crippen LogP contribution in [0.4, 0.5) is 17.1 Å². The first kappa shape index (κ1) is 27.7. The summed E-state index contributed by atoms with van der Waals surface area (Å²) in [7, 11) is 0. The summed E-state index contributed by atoms with van der Waals surface area (Å²) in [6.07, 6.45) is 0. The Morgan fingerprint density at radius 3 is 1.94 bits per heavy atom. The fraction of sp³-hybridized carbons (Fsp3) is 0.0667. The van der Waals surface area contributed by atoms with Gasteiger partial charge in [0.2, 0.25) is 0 Å². The van der Waals surface area contributed by atoms with Gasteiger partial charge in [0.1, 0.15) is 22.8 Å². The minimum atomic E-state index is -0.323. The minimum Gasteiger partial charge on any atom is -0.458 e. The van der Waals surface area contributed by atoms with Crippen molar-refractivity contribution in [2.75, 3.05) is 4.90 Å². The highest BCUT2D eigenvalue weighted by molar-refractivity contribution is 6.98. The molecule has 0 saturated carbocycles. The lowest BCUT2D eigenvalue weighted by Crippen LogP contribution is -2.57. The van der Waals surface area contributed by atoms with Crippen LogP contribution in [0, 0.1) is 0 Å². The summed E-state index contributed by atoms with van der Waals surface area (Å²) in [5, 5.41) is 2.16. The second-order valence-corrected chi connectivity index (χ2v) is 14.0. The first-order valence-electron chi connectivity index (χ1n) is 17.2. The smallest absolute Gasteiger partial charge is 0.260 e. The van der Waals surface area contributed by atoms with Gasteiger partial charge in [0.05, 0.1) is 0 Å². The van der Waals surface area contributed by atoms with Crippen molar-refractivity contribution in [3.8, 4) is 34.1 Å². The van der Waals surface area contributed by atoms with Crippen molar-refractivity contribution in [3.05, 3.63) is 157 Å². The summed E-state index contributed by atoms with van der Waals surface area (Å²) in [6.45, 7) is 4.61. The number of nitrogens with zero attached hydrogens (tertiary/aromatic N) is 1. The number of ether oxygens (including phenoxy) is 2. The van der Waals surface area contributed by atoms with Crippen molar-refractivity contribution in [2.45, 2.75) is 19.3 Å². The van der Waals surface area contributed by atoms with E-state index in [-0.39, 0.29) is 12.1 Å². The number of rotatable bonds is 3. The topological polar surface area (TPSA) is 34.8 Å². The number of anilines is 3. The summed E-state index contributed by atoms with van der Waals surface area (Å²) in [5.41, 5.74) is 13.0. The molecule has 2 aliphatic heterocycles. The maximum absolute atomic E-state index is 6.99.